The predicted octanol–water partition coefficient (Wildman–Crippen LogP) is 6.04. The molecule has 158 valence electrons. The summed E-state index contributed by atoms with van der Waals surface area (Å²) in [6.45, 7) is -4.02. The van der Waals surface area contributed by atoms with Gasteiger partial charge in [0.05, 0.1) is 5.31 Å². The molecule has 11 heteroatoms. The molecule has 1 aromatic carbocycles. The van der Waals surface area contributed by atoms with E-state index in [2.05, 4.69) is 9.05 Å². The number of likely N-dealkylation sites (N-methyl/N-ethyl adjacent to an activating group) is 1. The summed E-state index contributed by atoms with van der Waals surface area (Å²) in [6.07, 6.45) is -4.68. The summed E-state index contributed by atoms with van der Waals surface area (Å²) in [5, 5.41) is -0.282. The van der Waals surface area contributed by atoms with Crippen LogP contribution in [-0.2, 0) is 13.6 Å². The average Bonchev–Trinajstić information content (AvgIpc) is 2.64. The number of hydrogen-bond donors (Lipinski definition) is 0. The van der Waals surface area contributed by atoms with E-state index in [1.165, 1.54) is 6.07 Å². The number of para-hydroxylation sites is 1. The van der Waals surface area contributed by atoms with E-state index < -0.39 is 33.2 Å². The van der Waals surface area contributed by atoms with Crippen LogP contribution >= 0.6 is 7.60 Å². The molecule has 1 aliphatic heterocycles. The molecule has 0 aromatic heterocycles. The lowest BCUT2D eigenvalue weighted by Crippen LogP contribution is -2.26. The number of anilines is 1. The first-order valence-electron chi connectivity index (χ1n) is 8.38. The molecule has 4 nitrogen and oxygen atoms in total. The van der Waals surface area contributed by atoms with Gasteiger partial charge in [0.15, 0.2) is 13.2 Å². The number of halogens is 6. The molecule has 1 aromatic rings. The second-order valence-electron chi connectivity index (χ2n) is 6.36. The quantitative estimate of drug-likeness (QED) is 0.414. The largest absolute Gasteiger partial charge is 0.412 e. The average molecular weight is 439 g/mol. The lowest BCUT2D eigenvalue weighted by molar-refractivity contribution is -0.164. The van der Waals surface area contributed by atoms with E-state index in [4.69, 9.17) is 0 Å². The van der Waals surface area contributed by atoms with Gasteiger partial charge in [-0.2, -0.15) is 26.3 Å². The van der Waals surface area contributed by atoms with Gasteiger partial charge in [-0.3, -0.25) is 13.6 Å². The molecule has 1 aliphatic carbocycles. The number of rotatable bonds is 5. The van der Waals surface area contributed by atoms with E-state index in [-0.39, 0.29) is 17.3 Å². The summed E-state index contributed by atoms with van der Waals surface area (Å²) in [4.78, 5) is 1.72. The van der Waals surface area contributed by atoms with E-state index in [0.717, 1.165) is 0 Å². The van der Waals surface area contributed by atoms with Crippen LogP contribution in [0, 0.1) is 0 Å². The molecule has 3 rings (SSSR count). The van der Waals surface area contributed by atoms with Gasteiger partial charge < -0.3 is 4.90 Å². The van der Waals surface area contributed by atoms with Gasteiger partial charge >= 0.3 is 19.9 Å². The van der Waals surface area contributed by atoms with Crippen molar-refractivity contribution in [2.24, 2.45) is 0 Å². The Morgan fingerprint density at radius 3 is 2.21 bits per heavy atom. The number of hydrogen-bond acceptors (Lipinski definition) is 4. The molecule has 0 fully saturated rings. The molecular weight excluding hydrogens is 423 g/mol. The van der Waals surface area contributed by atoms with Crippen molar-refractivity contribution >= 4 is 18.6 Å². The van der Waals surface area contributed by atoms with E-state index >= 15 is 0 Å². The normalized spacial score (nSPS) is 17.2. The highest BCUT2D eigenvalue weighted by molar-refractivity contribution is 7.65. The lowest BCUT2D eigenvalue weighted by atomic mass is 9.94. The lowest BCUT2D eigenvalue weighted by Gasteiger charge is -2.36. The molecule has 0 saturated carbocycles. The minimum Gasteiger partial charge on any atom is -0.344 e. The van der Waals surface area contributed by atoms with Gasteiger partial charge in [0, 0.05) is 24.0 Å². The van der Waals surface area contributed by atoms with Crippen LogP contribution in [0.15, 0.2) is 53.8 Å². The number of fused-ring (bicyclic) bond motifs is 2. The molecule has 0 unspecified atom stereocenters. The fraction of sp³-hybridized carbons (Fsp3) is 0.333. The fourth-order valence-electron chi connectivity index (χ4n) is 3.14. The van der Waals surface area contributed by atoms with Crippen molar-refractivity contribution in [1.82, 2.24) is 0 Å². The molecule has 0 amide bonds. The van der Waals surface area contributed by atoms with Gasteiger partial charge in [0.25, 0.3) is 0 Å². The third-order valence-electron chi connectivity index (χ3n) is 4.26. The molecule has 0 saturated heterocycles. The van der Waals surface area contributed by atoms with Crippen LogP contribution in [0.5, 0.6) is 0 Å². The summed E-state index contributed by atoms with van der Waals surface area (Å²) < 4.78 is 99.0. The Morgan fingerprint density at radius 1 is 1.03 bits per heavy atom. The van der Waals surface area contributed by atoms with Crippen LogP contribution in [0.1, 0.15) is 12.0 Å². The van der Waals surface area contributed by atoms with Crippen molar-refractivity contribution in [3.63, 3.8) is 0 Å². The van der Waals surface area contributed by atoms with E-state index in [9.17, 15) is 30.9 Å². The standard InChI is InChI=1S/C18H16F6NO3P/c1-25-14-8-4-2-6-12(14)16(13-7-3-5-9-15(13)25)29(26,27-10-17(19,20)21)28-11-18(22,23)24/h2-6,8-9H,7,10-11H2,1H3. The van der Waals surface area contributed by atoms with Gasteiger partial charge in [0.1, 0.15) is 0 Å². The van der Waals surface area contributed by atoms with Crippen molar-refractivity contribution in [2.45, 2.75) is 18.8 Å². The van der Waals surface area contributed by atoms with Gasteiger partial charge in [-0.05, 0) is 24.1 Å². The third kappa shape index (κ3) is 4.76. The van der Waals surface area contributed by atoms with E-state index in [1.807, 2.05) is 0 Å². The van der Waals surface area contributed by atoms with Crippen LogP contribution in [0.3, 0.4) is 0 Å². The molecular formula is C18H16F6NO3P. The fourth-order valence-corrected chi connectivity index (χ4v) is 5.12. The van der Waals surface area contributed by atoms with Crippen LogP contribution in [0.4, 0.5) is 32.0 Å². The van der Waals surface area contributed by atoms with Gasteiger partial charge in [0.2, 0.25) is 0 Å². The highest BCUT2D eigenvalue weighted by Crippen LogP contribution is 2.66. The van der Waals surface area contributed by atoms with E-state index in [1.54, 1.807) is 48.4 Å². The Hall–Kier alpha value is -2.03. The Bertz CT molecular complexity index is 910. The first-order valence-corrected chi connectivity index (χ1v) is 9.92. The maximum absolute atomic E-state index is 13.4. The van der Waals surface area contributed by atoms with Crippen molar-refractivity contribution in [1.29, 1.82) is 0 Å². The number of benzene rings is 1. The van der Waals surface area contributed by atoms with Crippen molar-refractivity contribution in [2.75, 3.05) is 25.2 Å². The molecule has 0 N–H and O–H groups in total. The Kier molecular flexibility index (Phi) is 5.73. The monoisotopic (exact) mass is 439 g/mol. The molecule has 29 heavy (non-hydrogen) atoms. The number of allylic oxidation sites excluding steroid dienone is 4. The minimum absolute atomic E-state index is 0.147. The second-order valence-corrected chi connectivity index (χ2v) is 8.32. The van der Waals surface area contributed by atoms with Crippen LogP contribution in [0.25, 0.3) is 5.31 Å². The smallest absolute Gasteiger partial charge is 0.344 e. The Labute approximate surface area is 162 Å². The SMILES string of the molecule is CN1C2=CC=CCC2=C(P(=O)(OCC(F)(F)F)OCC(F)(F)F)c2ccccc21. The highest BCUT2D eigenvalue weighted by atomic mass is 31.2. The maximum atomic E-state index is 13.4. The molecule has 1 heterocycles. The summed E-state index contributed by atoms with van der Waals surface area (Å²) >= 11 is 0. The summed E-state index contributed by atoms with van der Waals surface area (Å²) in [5.74, 6) is 0. The number of nitrogens with zero attached hydrogens (tertiary/aromatic N) is 1. The molecule has 0 radical (unpaired) electrons. The van der Waals surface area contributed by atoms with Crippen LogP contribution < -0.4 is 4.90 Å². The van der Waals surface area contributed by atoms with Crippen LogP contribution in [-0.4, -0.2) is 32.6 Å². The third-order valence-corrected chi connectivity index (χ3v) is 6.26. The number of alkyl halides is 6. The topological polar surface area (TPSA) is 38.8 Å². The van der Waals surface area contributed by atoms with Crippen LogP contribution in [0.2, 0.25) is 0 Å². The zero-order chi connectivity index (χ0) is 21.4. The maximum Gasteiger partial charge on any atom is 0.412 e. The molecule has 0 bridgehead atoms. The van der Waals surface area contributed by atoms with Crippen molar-refractivity contribution < 1.29 is 40.0 Å². The van der Waals surface area contributed by atoms with Crippen molar-refractivity contribution in [3.05, 3.63) is 59.3 Å². The van der Waals surface area contributed by atoms with Gasteiger partial charge in [-0.25, -0.2) is 0 Å². The Balaban J connectivity index is 2.17. The summed E-state index contributed by atoms with van der Waals surface area (Å²) in [6, 6.07) is 6.26. The zero-order valence-electron chi connectivity index (χ0n) is 15.0. The Morgan fingerprint density at radius 2 is 1.62 bits per heavy atom. The van der Waals surface area contributed by atoms with Gasteiger partial charge in [-0.15, -0.1) is 0 Å². The first kappa shape index (κ1) is 21.7. The molecule has 2 aliphatic rings. The highest BCUT2D eigenvalue weighted by Gasteiger charge is 2.45. The first-order chi connectivity index (χ1) is 13.4. The summed E-state index contributed by atoms with van der Waals surface area (Å²) in [7, 11) is -3.30. The summed E-state index contributed by atoms with van der Waals surface area (Å²) in [5.41, 5.74) is 1.44. The van der Waals surface area contributed by atoms with Crippen molar-refractivity contribution in [3.8, 4) is 0 Å². The second kappa shape index (κ2) is 7.66. The molecule has 0 atom stereocenters. The zero-order valence-corrected chi connectivity index (χ0v) is 15.9. The van der Waals surface area contributed by atoms with E-state index in [0.29, 0.717) is 17.0 Å². The predicted molar refractivity (Wildman–Crippen MR) is 95.2 cm³/mol. The molecule has 0 spiro atoms. The van der Waals surface area contributed by atoms with Gasteiger partial charge in [-0.1, -0.05) is 30.4 Å². The minimum atomic E-state index is -5.00.